The second-order valence-electron chi connectivity index (χ2n) is 3.38. The van der Waals surface area contributed by atoms with Crippen LogP contribution in [0, 0.1) is 0 Å². The summed E-state index contributed by atoms with van der Waals surface area (Å²) in [6.07, 6.45) is 4.27. The lowest BCUT2D eigenvalue weighted by atomic mass is 10.5. The Balaban J connectivity index is 2.55. The molecule has 0 spiro atoms. The Kier molecular flexibility index (Phi) is 1.97. The summed E-state index contributed by atoms with van der Waals surface area (Å²) in [5.74, 6) is 0. The summed E-state index contributed by atoms with van der Waals surface area (Å²) < 4.78 is 0.851. The fourth-order valence-electron chi connectivity index (χ4n) is 0.902. The lowest BCUT2D eigenvalue weighted by Crippen LogP contribution is -2.53. The van der Waals surface area contributed by atoms with Crippen LogP contribution < -0.4 is 5.32 Å². The van der Waals surface area contributed by atoms with Gasteiger partial charge in [-0.2, -0.15) is 0 Å². The molecule has 0 saturated carbocycles. The molecule has 10 heavy (non-hydrogen) atoms. The highest BCUT2D eigenvalue weighted by Gasteiger charge is 2.16. The average molecular weight is 142 g/mol. The van der Waals surface area contributed by atoms with Crippen molar-refractivity contribution in [3.63, 3.8) is 0 Å². The SMILES string of the molecule is C[N+](C)(C)N1C=CCNC1. The molecule has 0 amide bonds. The predicted octanol–water partition coefficient (Wildman–Crippen LogP) is -0.0160. The van der Waals surface area contributed by atoms with Crippen molar-refractivity contribution in [3.8, 4) is 0 Å². The normalized spacial score (nSPS) is 19.7. The monoisotopic (exact) mass is 142 g/mol. The van der Waals surface area contributed by atoms with E-state index >= 15 is 0 Å². The van der Waals surface area contributed by atoms with Crippen molar-refractivity contribution in [2.45, 2.75) is 0 Å². The smallest absolute Gasteiger partial charge is 0.117 e. The quantitative estimate of drug-likeness (QED) is 0.518. The van der Waals surface area contributed by atoms with Crippen LogP contribution in [0.1, 0.15) is 0 Å². The Morgan fingerprint density at radius 1 is 1.40 bits per heavy atom. The van der Waals surface area contributed by atoms with Crippen LogP contribution >= 0.6 is 0 Å². The van der Waals surface area contributed by atoms with Gasteiger partial charge in [0.2, 0.25) is 0 Å². The zero-order chi connectivity index (χ0) is 7.61. The summed E-state index contributed by atoms with van der Waals surface area (Å²) in [6.45, 7) is 1.94. The Bertz CT molecular complexity index is 134. The largest absolute Gasteiger partial charge is 0.292 e. The number of nitrogens with zero attached hydrogens (tertiary/aromatic N) is 2. The van der Waals surface area contributed by atoms with Crippen molar-refractivity contribution < 1.29 is 4.59 Å². The lowest BCUT2D eigenvalue weighted by molar-refractivity contribution is -0.979. The Labute approximate surface area is 62.5 Å². The molecule has 1 aliphatic heterocycles. The van der Waals surface area contributed by atoms with Gasteiger partial charge in [0.05, 0.1) is 27.3 Å². The molecular formula is C7H16N3+. The van der Waals surface area contributed by atoms with Crippen LogP contribution in [0.25, 0.3) is 0 Å². The highest BCUT2D eigenvalue weighted by atomic mass is 15.7. The van der Waals surface area contributed by atoms with Crippen molar-refractivity contribution >= 4 is 0 Å². The summed E-state index contributed by atoms with van der Waals surface area (Å²) in [5.41, 5.74) is 0. The van der Waals surface area contributed by atoms with Gasteiger partial charge in [-0.25, -0.2) is 9.60 Å². The molecule has 3 heteroatoms. The standard InChI is InChI=1S/C7H16N3/c1-10(2,3)9-6-4-5-8-7-9/h4,6,8H,5,7H2,1-3H3/q+1. The molecule has 1 N–H and O–H groups in total. The maximum atomic E-state index is 3.26. The third-order valence-corrected chi connectivity index (χ3v) is 1.58. The molecule has 0 aliphatic carbocycles. The van der Waals surface area contributed by atoms with Gasteiger partial charge in [-0.05, 0) is 6.08 Å². The molecule has 0 atom stereocenters. The first-order valence-corrected chi connectivity index (χ1v) is 3.56. The third-order valence-electron chi connectivity index (χ3n) is 1.58. The summed E-state index contributed by atoms with van der Waals surface area (Å²) in [4.78, 5) is 0. The van der Waals surface area contributed by atoms with Gasteiger partial charge in [-0.15, -0.1) is 0 Å². The molecule has 58 valence electrons. The number of nitrogens with one attached hydrogen (secondary N) is 1. The van der Waals surface area contributed by atoms with E-state index in [9.17, 15) is 0 Å². The molecule has 0 aromatic carbocycles. The van der Waals surface area contributed by atoms with Crippen LogP contribution in [-0.2, 0) is 0 Å². The summed E-state index contributed by atoms with van der Waals surface area (Å²) in [6, 6.07) is 0. The number of hydrogen-bond donors (Lipinski definition) is 1. The third kappa shape index (κ3) is 1.72. The molecule has 1 rings (SSSR count). The minimum atomic E-state index is 0.851. The lowest BCUT2D eigenvalue weighted by Gasteiger charge is -2.37. The first-order chi connectivity index (χ1) is 4.61. The minimum Gasteiger partial charge on any atom is -0.292 e. The van der Waals surface area contributed by atoms with Crippen molar-refractivity contribution in [1.82, 2.24) is 10.3 Å². The van der Waals surface area contributed by atoms with Gasteiger partial charge in [-0.3, -0.25) is 5.32 Å². The van der Waals surface area contributed by atoms with Gasteiger partial charge in [0.15, 0.2) is 0 Å². The van der Waals surface area contributed by atoms with E-state index in [1.54, 1.807) is 0 Å². The van der Waals surface area contributed by atoms with Crippen LogP contribution in [0.2, 0.25) is 0 Å². The highest BCUT2D eigenvalue weighted by Crippen LogP contribution is 2.02. The highest BCUT2D eigenvalue weighted by molar-refractivity contribution is 4.84. The zero-order valence-electron chi connectivity index (χ0n) is 6.96. The predicted molar refractivity (Wildman–Crippen MR) is 41.9 cm³/mol. The zero-order valence-corrected chi connectivity index (χ0v) is 6.96. The van der Waals surface area contributed by atoms with E-state index < -0.39 is 0 Å². The fourth-order valence-corrected chi connectivity index (χ4v) is 0.902. The van der Waals surface area contributed by atoms with Crippen molar-refractivity contribution in [2.75, 3.05) is 34.4 Å². The topological polar surface area (TPSA) is 15.3 Å². The summed E-state index contributed by atoms with van der Waals surface area (Å²) >= 11 is 0. The van der Waals surface area contributed by atoms with E-state index in [1.807, 2.05) is 0 Å². The maximum absolute atomic E-state index is 3.26. The first-order valence-electron chi connectivity index (χ1n) is 3.56. The van der Waals surface area contributed by atoms with Gasteiger partial charge in [0.1, 0.15) is 6.67 Å². The molecule has 1 aliphatic rings. The van der Waals surface area contributed by atoms with Gasteiger partial charge in [-0.1, -0.05) is 0 Å². The van der Waals surface area contributed by atoms with E-state index in [1.165, 1.54) is 0 Å². The van der Waals surface area contributed by atoms with Gasteiger partial charge in [0.25, 0.3) is 0 Å². The van der Waals surface area contributed by atoms with Crippen LogP contribution in [-0.4, -0.2) is 44.0 Å². The van der Waals surface area contributed by atoms with Gasteiger partial charge in [0, 0.05) is 6.54 Å². The molecule has 1 heterocycles. The maximum Gasteiger partial charge on any atom is 0.117 e. The molecule has 0 bridgehead atoms. The van der Waals surface area contributed by atoms with E-state index in [0.29, 0.717) is 0 Å². The van der Waals surface area contributed by atoms with Gasteiger partial charge < -0.3 is 0 Å². The summed E-state index contributed by atoms with van der Waals surface area (Å²) in [5, 5.41) is 5.49. The first kappa shape index (κ1) is 7.57. The second-order valence-corrected chi connectivity index (χ2v) is 3.38. The Hall–Kier alpha value is -0.540. The van der Waals surface area contributed by atoms with Crippen LogP contribution in [0.3, 0.4) is 0 Å². The summed E-state index contributed by atoms with van der Waals surface area (Å²) in [7, 11) is 6.45. The minimum absolute atomic E-state index is 0.851. The Morgan fingerprint density at radius 2 is 2.10 bits per heavy atom. The number of rotatable bonds is 1. The molecule has 0 unspecified atom stereocenters. The van der Waals surface area contributed by atoms with Crippen LogP contribution in [0.5, 0.6) is 0 Å². The molecule has 0 fully saturated rings. The number of quaternary nitrogens is 1. The fraction of sp³-hybridized carbons (Fsp3) is 0.714. The molecule has 0 saturated heterocycles. The van der Waals surface area contributed by atoms with E-state index in [2.05, 4.69) is 43.7 Å². The van der Waals surface area contributed by atoms with Crippen molar-refractivity contribution in [1.29, 1.82) is 0 Å². The molecule has 0 aromatic heterocycles. The van der Waals surface area contributed by atoms with E-state index in [4.69, 9.17) is 0 Å². The van der Waals surface area contributed by atoms with E-state index in [0.717, 1.165) is 17.8 Å². The Morgan fingerprint density at radius 3 is 2.40 bits per heavy atom. The number of hydrogen-bond acceptors (Lipinski definition) is 2. The van der Waals surface area contributed by atoms with Crippen molar-refractivity contribution in [2.24, 2.45) is 0 Å². The van der Waals surface area contributed by atoms with Gasteiger partial charge >= 0.3 is 0 Å². The van der Waals surface area contributed by atoms with Crippen molar-refractivity contribution in [3.05, 3.63) is 12.3 Å². The second kappa shape index (κ2) is 2.60. The molecule has 3 nitrogen and oxygen atoms in total. The average Bonchev–Trinajstić information content (AvgIpc) is 1.88. The molecular weight excluding hydrogens is 126 g/mol. The van der Waals surface area contributed by atoms with Crippen LogP contribution in [0.4, 0.5) is 0 Å². The molecule has 0 aromatic rings. The molecule has 0 radical (unpaired) electrons. The van der Waals surface area contributed by atoms with E-state index in [-0.39, 0.29) is 0 Å². The van der Waals surface area contributed by atoms with Crippen LogP contribution in [0.15, 0.2) is 12.3 Å².